The van der Waals surface area contributed by atoms with Crippen LogP contribution in [0, 0.1) is 0 Å². The SMILES string of the molecule is O=C(c1ccccc1OC(F)F)N1CCCCC1CBr. The topological polar surface area (TPSA) is 29.5 Å². The third-order valence-electron chi connectivity index (χ3n) is 3.40. The largest absolute Gasteiger partial charge is 0.434 e. The number of nitrogens with zero attached hydrogens (tertiary/aromatic N) is 1. The summed E-state index contributed by atoms with van der Waals surface area (Å²) in [4.78, 5) is 14.3. The number of carbonyl (C=O) groups excluding carboxylic acids is 1. The molecule has 0 N–H and O–H groups in total. The minimum absolute atomic E-state index is 0.0635. The number of alkyl halides is 3. The molecule has 0 radical (unpaired) electrons. The number of likely N-dealkylation sites (tertiary alicyclic amines) is 1. The average Bonchev–Trinajstić information content (AvgIpc) is 2.46. The molecule has 1 heterocycles. The molecule has 110 valence electrons. The van der Waals surface area contributed by atoms with Gasteiger partial charge in [-0.3, -0.25) is 4.79 Å². The maximum Gasteiger partial charge on any atom is 0.387 e. The van der Waals surface area contributed by atoms with E-state index in [0.717, 1.165) is 19.3 Å². The van der Waals surface area contributed by atoms with Gasteiger partial charge in [0.05, 0.1) is 5.56 Å². The first-order valence-corrected chi connectivity index (χ1v) is 7.66. The molecule has 1 aliphatic heterocycles. The third kappa shape index (κ3) is 3.48. The van der Waals surface area contributed by atoms with E-state index in [1.54, 1.807) is 17.0 Å². The van der Waals surface area contributed by atoms with E-state index in [1.807, 2.05) is 0 Å². The van der Waals surface area contributed by atoms with Gasteiger partial charge in [-0.25, -0.2) is 0 Å². The molecule has 6 heteroatoms. The van der Waals surface area contributed by atoms with Crippen molar-refractivity contribution in [1.29, 1.82) is 0 Å². The van der Waals surface area contributed by atoms with Gasteiger partial charge in [-0.1, -0.05) is 28.1 Å². The monoisotopic (exact) mass is 347 g/mol. The summed E-state index contributed by atoms with van der Waals surface area (Å²) >= 11 is 3.41. The first-order valence-electron chi connectivity index (χ1n) is 6.54. The van der Waals surface area contributed by atoms with Gasteiger partial charge in [0.1, 0.15) is 5.75 Å². The van der Waals surface area contributed by atoms with Crippen molar-refractivity contribution in [2.45, 2.75) is 31.9 Å². The summed E-state index contributed by atoms with van der Waals surface area (Å²) in [5.41, 5.74) is 0.195. The molecule has 2 rings (SSSR count). The maximum atomic E-state index is 12.6. The predicted octanol–water partition coefficient (Wildman–Crippen LogP) is 3.68. The van der Waals surface area contributed by atoms with Crippen molar-refractivity contribution >= 4 is 21.8 Å². The molecule has 1 saturated heterocycles. The number of hydrogen-bond acceptors (Lipinski definition) is 2. The zero-order chi connectivity index (χ0) is 14.5. The van der Waals surface area contributed by atoms with E-state index in [0.29, 0.717) is 11.9 Å². The van der Waals surface area contributed by atoms with Crippen LogP contribution in [-0.2, 0) is 0 Å². The molecule has 1 atom stereocenters. The van der Waals surface area contributed by atoms with Gasteiger partial charge >= 0.3 is 6.61 Å². The zero-order valence-electron chi connectivity index (χ0n) is 10.9. The zero-order valence-corrected chi connectivity index (χ0v) is 12.5. The van der Waals surface area contributed by atoms with Crippen molar-refractivity contribution in [1.82, 2.24) is 4.90 Å². The van der Waals surface area contributed by atoms with Gasteiger partial charge in [-0.05, 0) is 31.4 Å². The summed E-state index contributed by atoms with van der Waals surface area (Å²) in [6, 6.07) is 6.26. The highest BCUT2D eigenvalue weighted by Gasteiger charge is 2.28. The second kappa shape index (κ2) is 7.02. The van der Waals surface area contributed by atoms with Gasteiger partial charge in [0, 0.05) is 17.9 Å². The Hall–Kier alpha value is -1.17. The van der Waals surface area contributed by atoms with E-state index in [2.05, 4.69) is 20.7 Å². The minimum Gasteiger partial charge on any atom is -0.434 e. The number of rotatable bonds is 4. The molecule has 0 saturated carbocycles. The maximum absolute atomic E-state index is 12.6. The van der Waals surface area contributed by atoms with E-state index in [1.165, 1.54) is 12.1 Å². The van der Waals surface area contributed by atoms with Crippen LogP contribution in [0.25, 0.3) is 0 Å². The molecule has 0 spiro atoms. The van der Waals surface area contributed by atoms with Crippen LogP contribution in [0.3, 0.4) is 0 Å². The quantitative estimate of drug-likeness (QED) is 0.777. The fourth-order valence-electron chi connectivity index (χ4n) is 2.43. The number of benzene rings is 1. The first-order chi connectivity index (χ1) is 9.63. The van der Waals surface area contributed by atoms with Crippen LogP contribution in [0.15, 0.2) is 24.3 Å². The van der Waals surface area contributed by atoms with Gasteiger partial charge in [-0.15, -0.1) is 0 Å². The molecule has 3 nitrogen and oxygen atoms in total. The summed E-state index contributed by atoms with van der Waals surface area (Å²) in [6.45, 7) is -2.28. The Morgan fingerprint density at radius 1 is 1.40 bits per heavy atom. The molecule has 1 fully saturated rings. The normalized spacial score (nSPS) is 19.2. The van der Waals surface area contributed by atoms with Gasteiger partial charge in [0.15, 0.2) is 0 Å². The number of ether oxygens (including phenoxy) is 1. The standard InChI is InChI=1S/C14H16BrF2NO2/c15-9-10-5-3-4-8-18(10)13(19)11-6-1-2-7-12(11)20-14(16)17/h1-2,6-7,10,14H,3-5,8-9H2. The lowest BCUT2D eigenvalue weighted by Gasteiger charge is -2.35. The van der Waals surface area contributed by atoms with Gasteiger partial charge in [-0.2, -0.15) is 8.78 Å². The summed E-state index contributed by atoms with van der Waals surface area (Å²) in [7, 11) is 0. The van der Waals surface area contributed by atoms with Gasteiger partial charge in [0.2, 0.25) is 0 Å². The number of piperidine rings is 1. The summed E-state index contributed by atoms with van der Waals surface area (Å²) in [6.07, 6.45) is 2.94. The first kappa shape index (κ1) is 15.2. The van der Waals surface area contributed by atoms with Crippen LogP contribution < -0.4 is 4.74 Å². The van der Waals surface area contributed by atoms with E-state index in [-0.39, 0.29) is 23.3 Å². The molecule has 0 aliphatic carbocycles. The second-order valence-corrected chi connectivity index (χ2v) is 5.32. The number of amides is 1. The Labute approximate surface area is 125 Å². The highest BCUT2D eigenvalue weighted by molar-refractivity contribution is 9.09. The number of halogens is 3. The van der Waals surface area contributed by atoms with Crippen molar-refractivity contribution in [2.24, 2.45) is 0 Å². The molecule has 1 aromatic carbocycles. The lowest BCUT2D eigenvalue weighted by molar-refractivity contribution is -0.0503. The van der Waals surface area contributed by atoms with Gasteiger partial charge < -0.3 is 9.64 Å². The highest BCUT2D eigenvalue weighted by atomic mass is 79.9. The minimum atomic E-state index is -2.93. The number of para-hydroxylation sites is 1. The van der Waals surface area contributed by atoms with Crippen LogP contribution in [0.1, 0.15) is 29.6 Å². The Bertz CT molecular complexity index is 470. The molecular formula is C14H16BrF2NO2. The fraction of sp³-hybridized carbons (Fsp3) is 0.500. The van der Waals surface area contributed by atoms with Gasteiger partial charge in [0.25, 0.3) is 5.91 Å². The lowest BCUT2D eigenvalue weighted by atomic mass is 10.0. The molecule has 1 amide bonds. The summed E-state index contributed by atoms with van der Waals surface area (Å²) in [5, 5.41) is 0.691. The average molecular weight is 348 g/mol. The Kier molecular flexibility index (Phi) is 5.34. The molecule has 0 aromatic heterocycles. The van der Waals surface area contributed by atoms with Crippen molar-refractivity contribution in [3.05, 3.63) is 29.8 Å². The van der Waals surface area contributed by atoms with Crippen molar-refractivity contribution < 1.29 is 18.3 Å². The molecular weight excluding hydrogens is 332 g/mol. The van der Waals surface area contributed by atoms with Crippen LogP contribution in [0.5, 0.6) is 5.75 Å². The van der Waals surface area contributed by atoms with Crippen molar-refractivity contribution in [3.63, 3.8) is 0 Å². The van der Waals surface area contributed by atoms with Crippen molar-refractivity contribution in [2.75, 3.05) is 11.9 Å². The van der Waals surface area contributed by atoms with Crippen LogP contribution >= 0.6 is 15.9 Å². The van der Waals surface area contributed by atoms with E-state index >= 15 is 0 Å². The lowest BCUT2D eigenvalue weighted by Crippen LogP contribution is -2.44. The fourth-order valence-corrected chi connectivity index (χ4v) is 3.10. The third-order valence-corrected chi connectivity index (χ3v) is 4.15. The Morgan fingerprint density at radius 2 is 2.15 bits per heavy atom. The van der Waals surface area contributed by atoms with E-state index in [4.69, 9.17) is 0 Å². The molecule has 20 heavy (non-hydrogen) atoms. The second-order valence-electron chi connectivity index (χ2n) is 4.68. The Balaban J connectivity index is 2.23. The van der Waals surface area contributed by atoms with E-state index < -0.39 is 6.61 Å². The molecule has 1 unspecified atom stereocenters. The molecule has 0 bridgehead atoms. The van der Waals surface area contributed by atoms with E-state index in [9.17, 15) is 13.6 Å². The summed E-state index contributed by atoms with van der Waals surface area (Å²) < 4.78 is 29.2. The van der Waals surface area contributed by atoms with Crippen molar-refractivity contribution in [3.8, 4) is 5.75 Å². The van der Waals surface area contributed by atoms with Crippen LogP contribution in [0.2, 0.25) is 0 Å². The molecule has 1 aromatic rings. The number of carbonyl (C=O) groups is 1. The van der Waals surface area contributed by atoms with Crippen LogP contribution in [-0.4, -0.2) is 35.3 Å². The predicted molar refractivity (Wildman–Crippen MR) is 75.5 cm³/mol. The Morgan fingerprint density at radius 3 is 2.85 bits per heavy atom. The number of hydrogen-bond donors (Lipinski definition) is 0. The summed E-state index contributed by atoms with van der Waals surface area (Å²) in [5.74, 6) is -0.309. The smallest absolute Gasteiger partial charge is 0.387 e. The van der Waals surface area contributed by atoms with Crippen LogP contribution in [0.4, 0.5) is 8.78 Å². The molecule has 1 aliphatic rings. The highest BCUT2D eigenvalue weighted by Crippen LogP contribution is 2.26.